The number of hydrogen-bond donors (Lipinski definition) is 0. The maximum absolute atomic E-state index is 12.6. The molecule has 1 fully saturated rings. The van der Waals surface area contributed by atoms with Gasteiger partial charge in [0.25, 0.3) is 0 Å². The van der Waals surface area contributed by atoms with E-state index < -0.39 is 21.8 Å². The van der Waals surface area contributed by atoms with Crippen molar-refractivity contribution in [3.8, 4) is 0 Å². The molecule has 3 rings (SSSR count). The van der Waals surface area contributed by atoms with Gasteiger partial charge in [0.1, 0.15) is 5.76 Å². The Bertz CT molecular complexity index is 901. The Hall–Kier alpha value is -2.33. The molecule has 0 aliphatic carbocycles. The van der Waals surface area contributed by atoms with Crippen LogP contribution in [0.2, 0.25) is 0 Å². The summed E-state index contributed by atoms with van der Waals surface area (Å²) >= 11 is 0. The van der Waals surface area contributed by atoms with Gasteiger partial charge in [-0.1, -0.05) is 0 Å². The molecule has 152 valence electrons. The van der Waals surface area contributed by atoms with Gasteiger partial charge < -0.3 is 9.32 Å². The lowest BCUT2D eigenvalue weighted by atomic mass is 10.2. The monoisotopic (exact) mass is 416 g/mol. The van der Waals surface area contributed by atoms with E-state index >= 15 is 0 Å². The highest BCUT2D eigenvalue weighted by molar-refractivity contribution is 7.89. The molecule has 0 unspecified atom stereocenters. The van der Waals surface area contributed by atoms with Crippen molar-refractivity contribution in [1.29, 1.82) is 0 Å². The number of benzene rings is 1. The molecule has 1 aromatic carbocycles. The molecule has 10 heteroatoms. The van der Waals surface area contributed by atoms with Crippen LogP contribution in [0, 0.1) is 0 Å². The summed E-state index contributed by atoms with van der Waals surface area (Å²) in [7, 11) is -3.91. The van der Waals surface area contributed by atoms with Crippen LogP contribution in [-0.4, -0.2) is 49.7 Å². The zero-order valence-corrected chi connectivity index (χ0v) is 15.7. The van der Waals surface area contributed by atoms with Gasteiger partial charge in [-0.3, -0.25) is 4.79 Å². The van der Waals surface area contributed by atoms with E-state index in [9.17, 15) is 26.4 Å². The molecule has 0 atom stereocenters. The van der Waals surface area contributed by atoms with Crippen molar-refractivity contribution < 1.29 is 30.8 Å². The van der Waals surface area contributed by atoms with Crippen molar-refractivity contribution in [1.82, 2.24) is 9.21 Å². The molecule has 0 N–H and O–H groups in total. The van der Waals surface area contributed by atoms with Crippen molar-refractivity contribution in [2.24, 2.45) is 0 Å². The minimum atomic E-state index is -4.52. The first kappa shape index (κ1) is 20.4. The van der Waals surface area contributed by atoms with Crippen LogP contribution in [0.3, 0.4) is 0 Å². The number of amides is 1. The Kier molecular flexibility index (Phi) is 5.80. The van der Waals surface area contributed by atoms with Crippen LogP contribution in [0.1, 0.15) is 17.7 Å². The summed E-state index contributed by atoms with van der Waals surface area (Å²) in [5.74, 6) is 0.611. The molecular weight excluding hydrogens is 397 g/mol. The first-order valence-corrected chi connectivity index (χ1v) is 10.1. The Labute approximate surface area is 160 Å². The summed E-state index contributed by atoms with van der Waals surface area (Å²) in [6.45, 7) is 0.652. The number of nitrogens with zero attached hydrogens (tertiary/aromatic N) is 2. The lowest BCUT2D eigenvalue weighted by Gasteiger charge is -2.34. The number of hydrogen-bond acceptors (Lipinski definition) is 4. The van der Waals surface area contributed by atoms with Gasteiger partial charge in [0.15, 0.2) is 0 Å². The van der Waals surface area contributed by atoms with Gasteiger partial charge in [-0.25, -0.2) is 8.42 Å². The predicted molar refractivity (Wildman–Crippen MR) is 93.8 cm³/mol. The summed E-state index contributed by atoms with van der Waals surface area (Å²) in [6.07, 6.45) is -2.26. The summed E-state index contributed by atoms with van der Waals surface area (Å²) in [5, 5.41) is 0. The Balaban J connectivity index is 1.58. The number of carbonyl (C=O) groups excluding carboxylic acids is 1. The minimum Gasteiger partial charge on any atom is -0.469 e. The van der Waals surface area contributed by atoms with Gasteiger partial charge in [0.05, 0.1) is 16.7 Å². The van der Waals surface area contributed by atoms with Crippen LogP contribution in [0.25, 0.3) is 0 Å². The molecule has 0 bridgehead atoms. The number of piperazine rings is 1. The third-order valence-electron chi connectivity index (χ3n) is 4.58. The molecule has 0 saturated carbocycles. The van der Waals surface area contributed by atoms with Crippen LogP contribution < -0.4 is 0 Å². The van der Waals surface area contributed by atoms with Crippen molar-refractivity contribution in [3.05, 3.63) is 54.0 Å². The Morgan fingerprint density at radius 1 is 1.04 bits per heavy atom. The second-order valence-corrected chi connectivity index (χ2v) is 8.32. The fourth-order valence-corrected chi connectivity index (χ4v) is 4.41. The maximum Gasteiger partial charge on any atom is 0.416 e. The molecule has 0 radical (unpaired) electrons. The number of alkyl halides is 3. The maximum atomic E-state index is 12.6. The summed E-state index contributed by atoms with van der Waals surface area (Å²) in [4.78, 5) is 13.6. The van der Waals surface area contributed by atoms with Crippen molar-refractivity contribution in [3.63, 3.8) is 0 Å². The molecular formula is C18H19F3N2O4S. The molecule has 1 saturated heterocycles. The largest absolute Gasteiger partial charge is 0.469 e. The fourth-order valence-electron chi connectivity index (χ4n) is 2.99. The molecule has 2 aromatic rings. The van der Waals surface area contributed by atoms with Crippen LogP contribution in [0.15, 0.2) is 52.0 Å². The zero-order chi connectivity index (χ0) is 20.4. The smallest absolute Gasteiger partial charge is 0.416 e. The highest BCUT2D eigenvalue weighted by atomic mass is 32.2. The van der Waals surface area contributed by atoms with E-state index in [0.717, 1.165) is 24.3 Å². The van der Waals surface area contributed by atoms with E-state index in [2.05, 4.69) is 0 Å². The second kappa shape index (κ2) is 7.96. The van der Waals surface area contributed by atoms with Crippen LogP contribution >= 0.6 is 0 Å². The summed E-state index contributed by atoms with van der Waals surface area (Å²) in [6, 6.07) is 6.94. The number of carbonyl (C=O) groups is 1. The van der Waals surface area contributed by atoms with Crippen LogP contribution in [-0.2, 0) is 27.4 Å². The van der Waals surface area contributed by atoms with Gasteiger partial charge in [-0.15, -0.1) is 0 Å². The predicted octanol–water partition coefficient (Wildman–Crippen LogP) is 2.76. The summed E-state index contributed by atoms with van der Waals surface area (Å²) < 4.78 is 69.6. The van der Waals surface area contributed by atoms with Crippen molar-refractivity contribution in [2.45, 2.75) is 23.9 Å². The number of furan rings is 1. The van der Waals surface area contributed by atoms with Gasteiger partial charge in [-0.2, -0.15) is 17.5 Å². The quantitative estimate of drug-likeness (QED) is 0.752. The fraction of sp³-hybridized carbons (Fsp3) is 0.389. The Morgan fingerprint density at radius 3 is 2.21 bits per heavy atom. The topological polar surface area (TPSA) is 70.8 Å². The summed E-state index contributed by atoms with van der Waals surface area (Å²) in [5.41, 5.74) is -0.904. The lowest BCUT2D eigenvalue weighted by Crippen LogP contribution is -2.50. The molecule has 6 nitrogen and oxygen atoms in total. The molecule has 1 amide bonds. The standard InChI is InChI=1S/C18H19F3N2O4S/c19-18(20,21)14-3-6-16(7-4-14)28(25,26)23-11-9-22(10-12-23)17(24)8-5-15-2-1-13-27-15/h1-4,6-7,13H,5,8-12H2. The molecule has 2 heterocycles. The Morgan fingerprint density at radius 2 is 1.68 bits per heavy atom. The van der Waals surface area contributed by atoms with Crippen molar-refractivity contribution in [2.75, 3.05) is 26.2 Å². The average molecular weight is 416 g/mol. The molecule has 28 heavy (non-hydrogen) atoms. The third-order valence-corrected chi connectivity index (χ3v) is 6.49. The highest BCUT2D eigenvalue weighted by Crippen LogP contribution is 2.30. The third kappa shape index (κ3) is 4.56. The lowest BCUT2D eigenvalue weighted by molar-refractivity contribution is -0.137. The van der Waals surface area contributed by atoms with Crippen LogP contribution in [0.5, 0.6) is 0 Å². The minimum absolute atomic E-state index is 0.0931. The first-order chi connectivity index (χ1) is 13.2. The van der Waals surface area contributed by atoms with E-state index in [4.69, 9.17) is 4.42 Å². The van der Waals surface area contributed by atoms with E-state index in [0.29, 0.717) is 12.2 Å². The van der Waals surface area contributed by atoms with E-state index in [-0.39, 0.29) is 43.4 Å². The molecule has 1 aromatic heterocycles. The molecule has 0 spiro atoms. The van der Waals surface area contributed by atoms with Gasteiger partial charge in [0.2, 0.25) is 15.9 Å². The average Bonchev–Trinajstić information content (AvgIpc) is 3.19. The normalized spacial score (nSPS) is 16.3. The molecule has 1 aliphatic rings. The van der Waals surface area contributed by atoms with E-state index in [1.807, 2.05) is 0 Å². The number of halogens is 3. The van der Waals surface area contributed by atoms with Crippen LogP contribution in [0.4, 0.5) is 13.2 Å². The number of aryl methyl sites for hydroxylation is 1. The highest BCUT2D eigenvalue weighted by Gasteiger charge is 2.33. The zero-order valence-electron chi connectivity index (χ0n) is 14.9. The SMILES string of the molecule is O=C(CCc1ccco1)N1CCN(S(=O)(=O)c2ccc(C(F)(F)F)cc2)CC1. The second-order valence-electron chi connectivity index (χ2n) is 6.39. The van der Waals surface area contributed by atoms with Crippen molar-refractivity contribution >= 4 is 15.9 Å². The van der Waals surface area contributed by atoms with Gasteiger partial charge >= 0.3 is 6.18 Å². The van der Waals surface area contributed by atoms with Gasteiger partial charge in [-0.05, 0) is 36.4 Å². The number of rotatable bonds is 5. The van der Waals surface area contributed by atoms with E-state index in [1.165, 1.54) is 10.6 Å². The number of sulfonamides is 1. The van der Waals surface area contributed by atoms with E-state index in [1.54, 1.807) is 17.0 Å². The van der Waals surface area contributed by atoms with Gasteiger partial charge in [0, 0.05) is 39.0 Å². The first-order valence-electron chi connectivity index (χ1n) is 8.65. The molecule has 1 aliphatic heterocycles.